The first-order valence-corrected chi connectivity index (χ1v) is 12.3. The summed E-state index contributed by atoms with van der Waals surface area (Å²) in [6, 6.07) is 2.43. The molecule has 9 heteroatoms. The van der Waals surface area contributed by atoms with Crippen LogP contribution in [0.3, 0.4) is 0 Å². The minimum absolute atomic E-state index is 0.0602. The van der Waals surface area contributed by atoms with Crippen molar-refractivity contribution < 1.29 is 34.1 Å². The molecule has 1 heterocycles. The molecule has 2 aliphatic carbocycles. The number of aliphatic hydroxyl groups excluding tert-OH is 2. The van der Waals surface area contributed by atoms with E-state index in [9.17, 15) is 24.6 Å². The molecular weight excluding hydrogens is 452 g/mol. The van der Waals surface area contributed by atoms with Crippen molar-refractivity contribution in [2.24, 2.45) is 5.92 Å². The second-order valence-corrected chi connectivity index (χ2v) is 9.58. The second kappa shape index (κ2) is 10.8. The number of ether oxygens (including phenoxy) is 2. The first-order chi connectivity index (χ1) is 16.9. The molecule has 4 unspecified atom stereocenters. The number of rotatable bonds is 8. The highest BCUT2D eigenvalue weighted by Crippen LogP contribution is 2.51. The zero-order chi connectivity index (χ0) is 25.1. The van der Waals surface area contributed by atoms with Gasteiger partial charge < -0.3 is 29.9 Å². The van der Waals surface area contributed by atoms with E-state index in [4.69, 9.17) is 9.47 Å². The number of nitrogens with one attached hydrogen (secondary N) is 1. The zero-order valence-electron chi connectivity index (χ0n) is 20.2. The third-order valence-corrected chi connectivity index (χ3v) is 7.35. The SMILES string of the molecule is COc1cc(C=O)cc2c1OC1C2C(C(=O)NCCO)=CC(N(CC2CCCCC2)C(C)=O)C1O. The number of benzene rings is 1. The van der Waals surface area contributed by atoms with Crippen LogP contribution in [0.15, 0.2) is 23.8 Å². The molecule has 0 spiro atoms. The van der Waals surface area contributed by atoms with Crippen molar-refractivity contribution in [2.75, 3.05) is 26.8 Å². The number of carbonyl (C=O) groups is 3. The first-order valence-electron chi connectivity index (χ1n) is 12.3. The molecule has 0 saturated heterocycles. The van der Waals surface area contributed by atoms with Crippen LogP contribution in [0.5, 0.6) is 11.5 Å². The van der Waals surface area contributed by atoms with Crippen LogP contribution in [0, 0.1) is 5.92 Å². The molecule has 0 radical (unpaired) electrons. The van der Waals surface area contributed by atoms with Crippen molar-refractivity contribution in [3.63, 3.8) is 0 Å². The number of hydrogen-bond acceptors (Lipinski definition) is 7. The second-order valence-electron chi connectivity index (χ2n) is 9.58. The predicted octanol–water partition coefficient (Wildman–Crippen LogP) is 1.56. The number of amides is 2. The number of fused-ring (bicyclic) bond motifs is 3. The fourth-order valence-electron chi connectivity index (χ4n) is 5.67. The smallest absolute Gasteiger partial charge is 0.247 e. The Morgan fingerprint density at radius 2 is 2.00 bits per heavy atom. The Kier molecular flexibility index (Phi) is 7.76. The van der Waals surface area contributed by atoms with Crippen molar-refractivity contribution in [2.45, 2.75) is 63.2 Å². The van der Waals surface area contributed by atoms with Crippen LogP contribution in [0.25, 0.3) is 0 Å². The van der Waals surface area contributed by atoms with E-state index in [1.54, 1.807) is 23.1 Å². The Labute approximate surface area is 205 Å². The van der Waals surface area contributed by atoms with Gasteiger partial charge in [-0.05, 0) is 37.0 Å². The standard InChI is InChI=1S/C26H34N2O7/c1-15(31)28(13-16-6-4-3-5-7-16)20-12-19(26(33)27-8-9-29)22-18-10-17(14-30)11-21(34-2)24(18)35-25(22)23(20)32/h10-12,14,16,20,22-23,25,29,32H,3-9,13H2,1-2H3,(H,27,33). The molecule has 35 heavy (non-hydrogen) atoms. The molecule has 1 aromatic carbocycles. The Morgan fingerprint density at radius 1 is 1.26 bits per heavy atom. The Hall–Kier alpha value is -2.91. The maximum Gasteiger partial charge on any atom is 0.247 e. The van der Waals surface area contributed by atoms with Crippen LogP contribution >= 0.6 is 0 Å². The van der Waals surface area contributed by atoms with E-state index in [1.807, 2.05) is 0 Å². The van der Waals surface area contributed by atoms with Gasteiger partial charge in [0.25, 0.3) is 0 Å². The third kappa shape index (κ3) is 4.92. The average Bonchev–Trinajstić information content (AvgIpc) is 3.26. The normalized spacial score (nSPS) is 25.5. The summed E-state index contributed by atoms with van der Waals surface area (Å²) < 4.78 is 11.6. The monoisotopic (exact) mass is 486 g/mol. The van der Waals surface area contributed by atoms with Crippen molar-refractivity contribution in [3.8, 4) is 11.5 Å². The lowest BCUT2D eigenvalue weighted by atomic mass is 9.77. The molecule has 1 aromatic rings. The fraction of sp³-hybridized carbons (Fsp3) is 0.577. The van der Waals surface area contributed by atoms with E-state index >= 15 is 0 Å². The maximum atomic E-state index is 13.2. The molecule has 0 aromatic heterocycles. The van der Waals surface area contributed by atoms with E-state index in [0.29, 0.717) is 46.9 Å². The summed E-state index contributed by atoms with van der Waals surface area (Å²) in [6.45, 7) is 1.81. The van der Waals surface area contributed by atoms with Crippen LogP contribution in [0.2, 0.25) is 0 Å². The fourth-order valence-corrected chi connectivity index (χ4v) is 5.67. The Bertz CT molecular complexity index is 1000. The minimum Gasteiger partial charge on any atom is -0.493 e. The van der Waals surface area contributed by atoms with Gasteiger partial charge in [0.2, 0.25) is 11.8 Å². The van der Waals surface area contributed by atoms with Gasteiger partial charge in [-0.3, -0.25) is 14.4 Å². The molecule has 9 nitrogen and oxygen atoms in total. The lowest BCUT2D eigenvalue weighted by Crippen LogP contribution is -2.56. The Morgan fingerprint density at radius 3 is 2.63 bits per heavy atom. The quantitative estimate of drug-likeness (QED) is 0.476. The van der Waals surface area contributed by atoms with Gasteiger partial charge in [0.1, 0.15) is 18.5 Å². The third-order valence-electron chi connectivity index (χ3n) is 7.35. The highest BCUT2D eigenvalue weighted by Gasteiger charge is 2.51. The van der Waals surface area contributed by atoms with Gasteiger partial charge in [-0.2, -0.15) is 0 Å². The molecule has 1 saturated carbocycles. The van der Waals surface area contributed by atoms with E-state index in [2.05, 4.69) is 5.32 Å². The number of aliphatic hydroxyl groups is 2. The molecule has 1 aliphatic heterocycles. The summed E-state index contributed by atoms with van der Waals surface area (Å²) in [5.74, 6) is -0.208. The van der Waals surface area contributed by atoms with Gasteiger partial charge in [0.05, 0.1) is 25.7 Å². The zero-order valence-corrected chi connectivity index (χ0v) is 20.2. The summed E-state index contributed by atoms with van der Waals surface area (Å²) >= 11 is 0. The number of hydrogen-bond donors (Lipinski definition) is 3. The number of nitrogens with zero attached hydrogens (tertiary/aromatic N) is 1. The van der Waals surface area contributed by atoms with Gasteiger partial charge in [-0.15, -0.1) is 0 Å². The molecule has 4 atom stereocenters. The maximum absolute atomic E-state index is 13.2. The van der Waals surface area contributed by atoms with Crippen molar-refractivity contribution in [1.82, 2.24) is 10.2 Å². The average molecular weight is 487 g/mol. The number of carbonyl (C=O) groups excluding carboxylic acids is 3. The van der Waals surface area contributed by atoms with Crippen molar-refractivity contribution >= 4 is 18.1 Å². The molecular formula is C26H34N2O7. The van der Waals surface area contributed by atoms with Gasteiger partial charge in [-0.1, -0.05) is 19.3 Å². The van der Waals surface area contributed by atoms with Gasteiger partial charge in [0.15, 0.2) is 11.5 Å². The molecule has 3 aliphatic rings. The van der Waals surface area contributed by atoms with Crippen molar-refractivity contribution in [3.05, 3.63) is 34.9 Å². The van der Waals surface area contributed by atoms with E-state index < -0.39 is 30.1 Å². The highest BCUT2D eigenvalue weighted by molar-refractivity contribution is 5.96. The predicted molar refractivity (Wildman–Crippen MR) is 127 cm³/mol. The number of methoxy groups -OCH3 is 1. The molecule has 0 bridgehead atoms. The summed E-state index contributed by atoms with van der Waals surface area (Å²) in [5.41, 5.74) is 1.26. The van der Waals surface area contributed by atoms with Crippen LogP contribution in [0.1, 0.15) is 60.9 Å². The summed E-state index contributed by atoms with van der Waals surface area (Å²) in [6.07, 6.45) is 5.89. The van der Waals surface area contributed by atoms with Crippen LogP contribution < -0.4 is 14.8 Å². The van der Waals surface area contributed by atoms with Gasteiger partial charge in [-0.25, -0.2) is 0 Å². The van der Waals surface area contributed by atoms with Crippen LogP contribution in [0.4, 0.5) is 0 Å². The highest BCUT2D eigenvalue weighted by atomic mass is 16.5. The largest absolute Gasteiger partial charge is 0.493 e. The topological polar surface area (TPSA) is 125 Å². The summed E-state index contributed by atoms with van der Waals surface area (Å²) in [7, 11) is 1.46. The lowest BCUT2D eigenvalue weighted by molar-refractivity contribution is -0.136. The van der Waals surface area contributed by atoms with Gasteiger partial charge in [0, 0.05) is 36.7 Å². The van der Waals surface area contributed by atoms with E-state index in [0.717, 1.165) is 25.7 Å². The van der Waals surface area contributed by atoms with Crippen LogP contribution in [-0.4, -0.2) is 78.3 Å². The molecule has 2 amide bonds. The van der Waals surface area contributed by atoms with Crippen LogP contribution in [-0.2, 0) is 9.59 Å². The molecule has 1 fully saturated rings. The van der Waals surface area contributed by atoms with E-state index in [-0.39, 0.29) is 19.1 Å². The van der Waals surface area contributed by atoms with Crippen molar-refractivity contribution in [1.29, 1.82) is 0 Å². The molecule has 3 N–H and O–H groups in total. The molecule has 4 rings (SSSR count). The first kappa shape index (κ1) is 25.2. The number of aldehydes is 1. The summed E-state index contributed by atoms with van der Waals surface area (Å²) in [5, 5.41) is 23.4. The lowest BCUT2D eigenvalue weighted by Gasteiger charge is -2.42. The Balaban J connectivity index is 1.76. The van der Waals surface area contributed by atoms with E-state index in [1.165, 1.54) is 20.5 Å². The molecule has 190 valence electrons. The minimum atomic E-state index is -1.10. The summed E-state index contributed by atoms with van der Waals surface area (Å²) in [4.78, 5) is 39.2. The van der Waals surface area contributed by atoms with Gasteiger partial charge >= 0.3 is 0 Å².